The van der Waals surface area contributed by atoms with Crippen LogP contribution in [0.1, 0.15) is 23.6 Å². The van der Waals surface area contributed by atoms with E-state index in [0.29, 0.717) is 29.6 Å². The average Bonchev–Trinajstić information content (AvgIpc) is 3.16. The van der Waals surface area contributed by atoms with Crippen LogP contribution in [-0.2, 0) is 20.1 Å². The van der Waals surface area contributed by atoms with Crippen LogP contribution in [0.3, 0.4) is 0 Å². The fourth-order valence-corrected chi connectivity index (χ4v) is 4.46. The van der Waals surface area contributed by atoms with E-state index >= 15 is 0 Å². The van der Waals surface area contributed by atoms with E-state index in [2.05, 4.69) is 43.0 Å². The van der Waals surface area contributed by atoms with Crippen molar-refractivity contribution in [3.63, 3.8) is 0 Å². The third-order valence-corrected chi connectivity index (χ3v) is 6.25. The van der Waals surface area contributed by atoms with Crippen molar-refractivity contribution in [3.05, 3.63) is 86.1 Å². The first-order valence-electron chi connectivity index (χ1n) is 10.9. The molecule has 1 atom stereocenters. The van der Waals surface area contributed by atoms with Crippen molar-refractivity contribution < 1.29 is 0 Å². The Kier molecular flexibility index (Phi) is 4.77. The molecular weight excluding hydrogens is 402 g/mol. The van der Waals surface area contributed by atoms with Crippen LogP contribution in [0.4, 0.5) is 11.6 Å². The molecule has 5 rings (SSSR count). The summed E-state index contributed by atoms with van der Waals surface area (Å²) in [6.45, 7) is 7.97. The minimum Gasteiger partial charge on any atom is -0.312 e. The predicted octanol–water partition coefficient (Wildman–Crippen LogP) is 3.35. The van der Waals surface area contributed by atoms with Gasteiger partial charge in [-0.3, -0.25) is 13.9 Å². The fraction of sp³-hybridized carbons (Fsp3) is 0.320. The predicted molar refractivity (Wildman–Crippen MR) is 127 cm³/mol. The second-order valence-corrected chi connectivity index (χ2v) is 8.96. The molecule has 0 radical (unpaired) electrons. The largest absolute Gasteiger partial charge is 0.332 e. The zero-order valence-electron chi connectivity index (χ0n) is 18.9. The molecule has 1 aliphatic rings. The molecule has 32 heavy (non-hydrogen) atoms. The lowest BCUT2D eigenvalue weighted by Crippen LogP contribution is -2.40. The van der Waals surface area contributed by atoms with Crippen molar-refractivity contribution in [1.82, 2.24) is 18.7 Å². The highest BCUT2D eigenvalue weighted by Crippen LogP contribution is 2.32. The van der Waals surface area contributed by atoms with Crippen LogP contribution < -0.4 is 16.1 Å². The number of aryl methyl sites for hydroxylation is 3. The Morgan fingerprint density at radius 3 is 2.22 bits per heavy atom. The molecule has 0 N–H and O–H groups in total. The van der Waals surface area contributed by atoms with Gasteiger partial charge in [0.2, 0.25) is 5.95 Å². The molecule has 0 aliphatic carbocycles. The second kappa shape index (κ2) is 7.51. The monoisotopic (exact) mass is 429 g/mol. The van der Waals surface area contributed by atoms with Gasteiger partial charge < -0.3 is 9.47 Å². The van der Waals surface area contributed by atoms with Gasteiger partial charge in [-0.25, -0.2) is 4.79 Å². The zero-order chi connectivity index (χ0) is 22.6. The molecule has 4 aromatic rings. The summed E-state index contributed by atoms with van der Waals surface area (Å²) in [6, 6.07) is 16.2. The standard InChI is InChI=1S/C25H27N5O2/c1-16-5-9-19(10-6-16)15-30-23(31)21-22(27(4)25(30)32)26-24-28(13-18(3)14-29(21)24)20-11-7-17(2)8-12-20/h5-12,18H,13-15H2,1-4H3/t18-/m0/s1. The van der Waals surface area contributed by atoms with Crippen molar-refractivity contribution in [2.45, 2.75) is 33.9 Å². The van der Waals surface area contributed by atoms with Gasteiger partial charge >= 0.3 is 5.69 Å². The molecule has 1 aliphatic heterocycles. The highest BCUT2D eigenvalue weighted by atomic mass is 16.2. The summed E-state index contributed by atoms with van der Waals surface area (Å²) in [5.74, 6) is 1.03. The maximum absolute atomic E-state index is 13.6. The summed E-state index contributed by atoms with van der Waals surface area (Å²) in [5.41, 5.74) is 4.55. The molecular formula is C25H27N5O2. The first kappa shape index (κ1) is 20.3. The highest BCUT2D eigenvalue weighted by Gasteiger charge is 2.29. The summed E-state index contributed by atoms with van der Waals surface area (Å²) in [5, 5.41) is 0. The van der Waals surface area contributed by atoms with Gasteiger partial charge in [-0.1, -0.05) is 54.4 Å². The molecule has 7 nitrogen and oxygen atoms in total. The van der Waals surface area contributed by atoms with Gasteiger partial charge in [0.05, 0.1) is 6.54 Å². The molecule has 0 spiro atoms. The lowest BCUT2D eigenvalue weighted by Gasteiger charge is -2.33. The topological polar surface area (TPSA) is 65.1 Å². The first-order valence-corrected chi connectivity index (χ1v) is 10.9. The number of hydrogen-bond acceptors (Lipinski definition) is 4. The third kappa shape index (κ3) is 3.25. The minimum atomic E-state index is -0.353. The van der Waals surface area contributed by atoms with Crippen LogP contribution in [0.25, 0.3) is 11.2 Å². The lowest BCUT2D eigenvalue weighted by atomic mass is 10.1. The van der Waals surface area contributed by atoms with Crippen LogP contribution in [-0.4, -0.2) is 25.2 Å². The van der Waals surface area contributed by atoms with Gasteiger partial charge in [0.15, 0.2) is 11.2 Å². The van der Waals surface area contributed by atoms with Crippen molar-refractivity contribution >= 4 is 22.8 Å². The molecule has 0 unspecified atom stereocenters. The number of hydrogen-bond donors (Lipinski definition) is 0. The zero-order valence-corrected chi connectivity index (χ0v) is 18.9. The summed E-state index contributed by atoms with van der Waals surface area (Å²) < 4.78 is 4.79. The Hall–Kier alpha value is -3.61. The quantitative estimate of drug-likeness (QED) is 0.501. The van der Waals surface area contributed by atoms with Gasteiger partial charge in [0, 0.05) is 25.8 Å². The first-order chi connectivity index (χ1) is 15.3. The van der Waals surface area contributed by atoms with Gasteiger partial charge in [-0.2, -0.15) is 4.98 Å². The smallest absolute Gasteiger partial charge is 0.312 e. The number of aromatic nitrogens is 4. The number of nitrogens with zero attached hydrogens (tertiary/aromatic N) is 5. The molecule has 0 amide bonds. The van der Waals surface area contributed by atoms with E-state index in [0.717, 1.165) is 23.4 Å². The molecule has 0 saturated heterocycles. The van der Waals surface area contributed by atoms with Crippen molar-refractivity contribution in [3.8, 4) is 0 Å². The maximum atomic E-state index is 13.6. The van der Waals surface area contributed by atoms with Gasteiger partial charge in [0.25, 0.3) is 5.56 Å². The third-order valence-electron chi connectivity index (χ3n) is 6.25. The lowest BCUT2D eigenvalue weighted by molar-refractivity contribution is 0.458. The average molecular weight is 430 g/mol. The summed E-state index contributed by atoms with van der Waals surface area (Å²) >= 11 is 0. The van der Waals surface area contributed by atoms with Crippen molar-refractivity contribution in [1.29, 1.82) is 0 Å². The Bertz CT molecular complexity index is 1430. The van der Waals surface area contributed by atoms with E-state index in [-0.39, 0.29) is 17.8 Å². The van der Waals surface area contributed by atoms with Crippen LogP contribution in [0.5, 0.6) is 0 Å². The molecule has 0 bridgehead atoms. The molecule has 7 heteroatoms. The van der Waals surface area contributed by atoms with Crippen LogP contribution in [0, 0.1) is 19.8 Å². The molecule has 3 heterocycles. The Morgan fingerprint density at radius 1 is 0.938 bits per heavy atom. The summed E-state index contributed by atoms with van der Waals surface area (Å²) in [7, 11) is 1.69. The Morgan fingerprint density at radius 2 is 1.56 bits per heavy atom. The number of fused-ring (bicyclic) bond motifs is 3. The Balaban J connectivity index is 1.70. The fourth-order valence-electron chi connectivity index (χ4n) is 4.46. The normalized spacial score (nSPS) is 15.9. The number of benzene rings is 2. The van der Waals surface area contributed by atoms with E-state index in [1.54, 1.807) is 7.05 Å². The summed E-state index contributed by atoms with van der Waals surface area (Å²) in [6.07, 6.45) is 0. The summed E-state index contributed by atoms with van der Waals surface area (Å²) in [4.78, 5) is 33.6. The number of imidazole rings is 1. The van der Waals surface area contributed by atoms with Gasteiger partial charge in [-0.15, -0.1) is 0 Å². The Labute approximate surface area is 186 Å². The number of rotatable bonds is 3. The maximum Gasteiger partial charge on any atom is 0.332 e. The van der Waals surface area contributed by atoms with Gasteiger partial charge in [-0.05, 0) is 37.5 Å². The molecule has 2 aromatic carbocycles. The van der Waals surface area contributed by atoms with Crippen molar-refractivity contribution in [2.24, 2.45) is 13.0 Å². The van der Waals surface area contributed by atoms with Gasteiger partial charge in [0.1, 0.15) is 0 Å². The van der Waals surface area contributed by atoms with Crippen molar-refractivity contribution in [2.75, 3.05) is 11.4 Å². The highest BCUT2D eigenvalue weighted by molar-refractivity contribution is 5.77. The van der Waals surface area contributed by atoms with E-state index < -0.39 is 0 Å². The van der Waals surface area contributed by atoms with E-state index in [1.165, 1.54) is 14.7 Å². The van der Waals surface area contributed by atoms with Crippen LogP contribution in [0.2, 0.25) is 0 Å². The minimum absolute atomic E-state index is 0.236. The molecule has 164 valence electrons. The van der Waals surface area contributed by atoms with Crippen LogP contribution in [0.15, 0.2) is 58.1 Å². The molecule has 2 aromatic heterocycles. The molecule has 0 saturated carbocycles. The SMILES string of the molecule is Cc1ccc(Cn2c(=O)c3c(nc4n3C[C@@H](C)CN4c3ccc(C)cc3)n(C)c2=O)cc1. The molecule has 0 fully saturated rings. The van der Waals surface area contributed by atoms with E-state index in [4.69, 9.17) is 4.98 Å². The van der Waals surface area contributed by atoms with E-state index in [1.807, 2.05) is 35.8 Å². The second-order valence-electron chi connectivity index (χ2n) is 8.96. The van der Waals surface area contributed by atoms with Crippen LogP contribution >= 0.6 is 0 Å². The van der Waals surface area contributed by atoms with E-state index in [9.17, 15) is 9.59 Å². The number of anilines is 2.